The molecule has 0 unspecified atom stereocenters. The zero-order chi connectivity index (χ0) is 12.8. The predicted octanol–water partition coefficient (Wildman–Crippen LogP) is 0.703. The van der Waals surface area contributed by atoms with Gasteiger partial charge in [-0.25, -0.2) is 0 Å². The first-order valence-electron chi connectivity index (χ1n) is 7.10. The molecule has 0 radical (unpaired) electrons. The van der Waals surface area contributed by atoms with E-state index in [0.29, 0.717) is 19.0 Å². The molecule has 0 aromatic rings. The van der Waals surface area contributed by atoms with E-state index in [-0.39, 0.29) is 11.8 Å². The van der Waals surface area contributed by atoms with E-state index in [1.165, 1.54) is 25.7 Å². The van der Waals surface area contributed by atoms with Crippen molar-refractivity contribution in [3.63, 3.8) is 0 Å². The van der Waals surface area contributed by atoms with Gasteiger partial charge in [0.1, 0.15) is 0 Å². The van der Waals surface area contributed by atoms with Gasteiger partial charge in [0.25, 0.3) is 0 Å². The molecule has 1 saturated heterocycles. The van der Waals surface area contributed by atoms with Crippen molar-refractivity contribution in [2.24, 2.45) is 16.6 Å². The molecule has 1 saturated carbocycles. The van der Waals surface area contributed by atoms with Crippen molar-refractivity contribution in [3.8, 4) is 0 Å². The van der Waals surface area contributed by atoms with Gasteiger partial charge >= 0.3 is 0 Å². The largest absolute Gasteiger partial charge is 0.370 e. The molecule has 1 heterocycles. The number of hydrogen-bond acceptors (Lipinski definition) is 2. The number of hydrogen-bond donors (Lipinski definition) is 2. The Morgan fingerprint density at radius 3 is 2.50 bits per heavy atom. The van der Waals surface area contributed by atoms with Gasteiger partial charge in [0.05, 0.1) is 6.54 Å². The molecule has 102 valence electrons. The summed E-state index contributed by atoms with van der Waals surface area (Å²) in [6, 6.07) is 0. The molecule has 5 heteroatoms. The van der Waals surface area contributed by atoms with Crippen LogP contribution in [0, 0.1) is 5.92 Å². The van der Waals surface area contributed by atoms with Crippen molar-refractivity contribution in [1.82, 2.24) is 10.2 Å². The van der Waals surface area contributed by atoms with Crippen LogP contribution < -0.4 is 11.1 Å². The van der Waals surface area contributed by atoms with Gasteiger partial charge in [0.2, 0.25) is 5.91 Å². The lowest BCUT2D eigenvalue weighted by Gasteiger charge is -2.21. The Balaban J connectivity index is 1.65. The molecule has 1 aliphatic heterocycles. The van der Waals surface area contributed by atoms with E-state index in [4.69, 9.17) is 5.73 Å². The Kier molecular flexibility index (Phi) is 4.84. The second-order valence-corrected chi connectivity index (χ2v) is 5.21. The van der Waals surface area contributed by atoms with Crippen LogP contribution in [0.1, 0.15) is 38.5 Å². The maximum absolute atomic E-state index is 11.4. The van der Waals surface area contributed by atoms with E-state index in [1.807, 2.05) is 0 Å². The number of aliphatic imine (C=N–C) groups is 1. The lowest BCUT2D eigenvalue weighted by molar-refractivity contribution is -0.122. The molecule has 0 aromatic heterocycles. The molecule has 2 fully saturated rings. The van der Waals surface area contributed by atoms with Gasteiger partial charge in [-0.2, -0.15) is 0 Å². The standard InChI is InChI=1S/C13H24N4O/c14-13(17-9-3-1-2-4-10-17)16-8-7-15-12(18)11-5-6-11/h11H,1-10H2,(H2,14,16)(H,15,18). The fraction of sp³-hybridized carbons (Fsp3) is 0.846. The maximum Gasteiger partial charge on any atom is 0.223 e. The number of nitrogens with zero attached hydrogens (tertiary/aromatic N) is 2. The fourth-order valence-corrected chi connectivity index (χ4v) is 2.24. The quantitative estimate of drug-likeness (QED) is 0.439. The molecule has 2 aliphatic rings. The lowest BCUT2D eigenvalue weighted by Crippen LogP contribution is -2.38. The molecule has 5 nitrogen and oxygen atoms in total. The number of likely N-dealkylation sites (tertiary alicyclic amines) is 1. The molecule has 0 atom stereocenters. The summed E-state index contributed by atoms with van der Waals surface area (Å²) in [7, 11) is 0. The molecular weight excluding hydrogens is 228 g/mol. The second-order valence-electron chi connectivity index (χ2n) is 5.21. The van der Waals surface area contributed by atoms with Gasteiger partial charge in [-0.05, 0) is 25.7 Å². The third-order valence-electron chi connectivity index (χ3n) is 3.56. The third kappa shape index (κ3) is 4.20. The van der Waals surface area contributed by atoms with Crippen molar-refractivity contribution >= 4 is 11.9 Å². The average Bonchev–Trinajstić information content (AvgIpc) is 3.19. The molecule has 0 spiro atoms. The predicted molar refractivity (Wildman–Crippen MR) is 72.3 cm³/mol. The Hall–Kier alpha value is -1.26. The summed E-state index contributed by atoms with van der Waals surface area (Å²) in [6.07, 6.45) is 7.09. The van der Waals surface area contributed by atoms with E-state index in [2.05, 4.69) is 15.2 Å². The minimum Gasteiger partial charge on any atom is -0.370 e. The first kappa shape index (κ1) is 13.2. The average molecular weight is 252 g/mol. The summed E-state index contributed by atoms with van der Waals surface area (Å²) in [6.45, 7) is 3.22. The Morgan fingerprint density at radius 1 is 1.22 bits per heavy atom. The summed E-state index contributed by atoms with van der Waals surface area (Å²) in [5.74, 6) is 1.09. The molecular formula is C13H24N4O. The Morgan fingerprint density at radius 2 is 1.89 bits per heavy atom. The molecule has 3 N–H and O–H groups in total. The highest BCUT2D eigenvalue weighted by atomic mass is 16.2. The molecule has 0 aromatic carbocycles. The summed E-state index contributed by atoms with van der Waals surface area (Å²) in [4.78, 5) is 17.9. The molecule has 18 heavy (non-hydrogen) atoms. The number of carbonyl (C=O) groups is 1. The van der Waals surface area contributed by atoms with Crippen LogP contribution in [0.25, 0.3) is 0 Å². The Labute approximate surface area is 109 Å². The van der Waals surface area contributed by atoms with Crippen molar-refractivity contribution in [1.29, 1.82) is 0 Å². The van der Waals surface area contributed by atoms with Crippen molar-refractivity contribution in [2.75, 3.05) is 26.2 Å². The second kappa shape index (κ2) is 6.61. The van der Waals surface area contributed by atoms with Gasteiger partial charge in [-0.3, -0.25) is 9.79 Å². The number of nitrogens with one attached hydrogen (secondary N) is 1. The number of amides is 1. The summed E-state index contributed by atoms with van der Waals surface area (Å²) < 4.78 is 0. The topological polar surface area (TPSA) is 70.7 Å². The number of carbonyl (C=O) groups excluding carboxylic acids is 1. The SMILES string of the molecule is NC(=NCCNC(=O)C1CC1)N1CCCCCC1. The summed E-state index contributed by atoms with van der Waals surface area (Å²) >= 11 is 0. The highest BCUT2D eigenvalue weighted by Crippen LogP contribution is 2.28. The minimum atomic E-state index is 0.179. The first-order chi connectivity index (χ1) is 8.77. The van der Waals surface area contributed by atoms with E-state index >= 15 is 0 Å². The van der Waals surface area contributed by atoms with Crippen molar-refractivity contribution < 1.29 is 4.79 Å². The van der Waals surface area contributed by atoms with E-state index in [0.717, 1.165) is 25.9 Å². The maximum atomic E-state index is 11.4. The molecule has 1 amide bonds. The van der Waals surface area contributed by atoms with E-state index in [1.54, 1.807) is 0 Å². The normalized spacial score (nSPS) is 21.6. The van der Waals surface area contributed by atoms with E-state index in [9.17, 15) is 4.79 Å². The Bertz CT molecular complexity index is 304. The van der Waals surface area contributed by atoms with Crippen LogP contribution in [0.4, 0.5) is 0 Å². The smallest absolute Gasteiger partial charge is 0.223 e. The van der Waals surface area contributed by atoms with Gasteiger partial charge in [-0.15, -0.1) is 0 Å². The lowest BCUT2D eigenvalue weighted by atomic mass is 10.2. The van der Waals surface area contributed by atoms with Gasteiger partial charge < -0.3 is 16.0 Å². The monoisotopic (exact) mass is 252 g/mol. The number of guanidine groups is 1. The summed E-state index contributed by atoms with van der Waals surface area (Å²) in [5, 5.41) is 2.90. The van der Waals surface area contributed by atoms with Gasteiger partial charge in [-0.1, -0.05) is 12.8 Å². The van der Waals surface area contributed by atoms with Gasteiger partial charge in [0, 0.05) is 25.6 Å². The fourth-order valence-electron chi connectivity index (χ4n) is 2.24. The number of nitrogens with two attached hydrogens (primary N) is 1. The molecule has 2 rings (SSSR count). The molecule has 1 aliphatic carbocycles. The van der Waals surface area contributed by atoms with Crippen molar-refractivity contribution in [3.05, 3.63) is 0 Å². The highest BCUT2D eigenvalue weighted by Gasteiger charge is 2.28. The van der Waals surface area contributed by atoms with Crippen LogP contribution >= 0.6 is 0 Å². The van der Waals surface area contributed by atoms with Crippen molar-refractivity contribution in [2.45, 2.75) is 38.5 Å². The van der Waals surface area contributed by atoms with Crippen LogP contribution in [-0.4, -0.2) is 42.9 Å². The van der Waals surface area contributed by atoms with Crippen LogP contribution in [0.2, 0.25) is 0 Å². The van der Waals surface area contributed by atoms with Gasteiger partial charge in [0.15, 0.2) is 5.96 Å². The van der Waals surface area contributed by atoms with Crippen LogP contribution in [0.3, 0.4) is 0 Å². The van der Waals surface area contributed by atoms with Crippen LogP contribution in [-0.2, 0) is 4.79 Å². The first-order valence-corrected chi connectivity index (χ1v) is 7.10. The van der Waals surface area contributed by atoms with E-state index < -0.39 is 0 Å². The highest BCUT2D eigenvalue weighted by molar-refractivity contribution is 5.81. The zero-order valence-corrected chi connectivity index (χ0v) is 11.0. The molecule has 0 bridgehead atoms. The summed E-state index contributed by atoms with van der Waals surface area (Å²) in [5.41, 5.74) is 5.97. The zero-order valence-electron chi connectivity index (χ0n) is 11.0. The number of rotatable bonds is 4. The third-order valence-corrected chi connectivity index (χ3v) is 3.56. The van der Waals surface area contributed by atoms with Crippen LogP contribution in [0.15, 0.2) is 4.99 Å². The van der Waals surface area contributed by atoms with Crippen LogP contribution in [0.5, 0.6) is 0 Å². The minimum absolute atomic E-state index is 0.179.